The Morgan fingerprint density at radius 1 is 0.846 bits per heavy atom. The second-order valence-corrected chi connectivity index (χ2v) is 5.70. The molecule has 0 aliphatic carbocycles. The Morgan fingerprint density at radius 2 is 1.38 bits per heavy atom. The van der Waals surface area contributed by atoms with Gasteiger partial charge in [0.25, 0.3) is 0 Å². The minimum absolute atomic E-state index is 0. The van der Waals surface area contributed by atoms with Crippen LogP contribution < -0.4 is 33.5 Å². The molecule has 9 heteroatoms. The molecule has 0 heterocycles. The van der Waals surface area contributed by atoms with E-state index < -0.39 is 0 Å². The van der Waals surface area contributed by atoms with E-state index in [1.165, 1.54) is 0 Å². The van der Waals surface area contributed by atoms with Crippen molar-refractivity contribution in [3.8, 4) is 0 Å². The van der Waals surface area contributed by atoms with Gasteiger partial charge in [-0.2, -0.15) is 0 Å². The molecular formula is C17H43N7O2. The highest BCUT2D eigenvalue weighted by molar-refractivity contribution is 5.57. The van der Waals surface area contributed by atoms with Crippen LogP contribution in [0.25, 0.3) is 0 Å². The van der Waals surface area contributed by atoms with Crippen molar-refractivity contribution in [3.05, 3.63) is 0 Å². The van der Waals surface area contributed by atoms with Crippen LogP contribution in [0.15, 0.2) is 0 Å². The van der Waals surface area contributed by atoms with Crippen LogP contribution in [0.3, 0.4) is 0 Å². The average molecular weight is 378 g/mol. The van der Waals surface area contributed by atoms with E-state index in [1.54, 1.807) is 5.01 Å². The average Bonchev–Trinajstić information content (AvgIpc) is 2.61. The van der Waals surface area contributed by atoms with Crippen LogP contribution in [0, 0.1) is 0 Å². The maximum Gasteiger partial charge on any atom is 0.138 e. The second-order valence-electron chi connectivity index (χ2n) is 5.70. The standard InChI is InChI=1S/C15H35N7O2.2CH4/c16-7-3-1-5-14(11-23)20-19-9-10-22(13-18)21-15(12-24)6-2-4-8-17;;/h11-12,14-15,19-21H,1-10,13,16-18H2;2*1H4/t14-,15-;;/m0../s1. The Bertz CT molecular complexity index is 309. The molecule has 0 aliphatic heterocycles. The molecule has 0 unspecified atom stereocenters. The Morgan fingerprint density at radius 3 is 1.85 bits per heavy atom. The van der Waals surface area contributed by atoms with Crippen LogP contribution >= 0.6 is 0 Å². The second kappa shape index (κ2) is 22.1. The summed E-state index contributed by atoms with van der Waals surface area (Å²) >= 11 is 0. The third kappa shape index (κ3) is 16.5. The van der Waals surface area contributed by atoms with E-state index in [4.69, 9.17) is 17.2 Å². The van der Waals surface area contributed by atoms with Gasteiger partial charge in [0.1, 0.15) is 12.6 Å². The molecule has 0 aliphatic rings. The molecule has 0 aromatic carbocycles. The first-order valence-corrected chi connectivity index (χ1v) is 8.72. The highest BCUT2D eigenvalue weighted by Crippen LogP contribution is 1.99. The lowest BCUT2D eigenvalue weighted by molar-refractivity contribution is -0.111. The van der Waals surface area contributed by atoms with E-state index in [-0.39, 0.29) is 33.6 Å². The van der Waals surface area contributed by atoms with Crippen LogP contribution in [0.5, 0.6) is 0 Å². The summed E-state index contributed by atoms with van der Waals surface area (Å²) in [6.07, 6.45) is 6.89. The fourth-order valence-corrected chi connectivity index (χ4v) is 2.19. The maximum absolute atomic E-state index is 11.1. The molecule has 9 nitrogen and oxygen atoms in total. The molecule has 2 atom stereocenters. The van der Waals surface area contributed by atoms with Crippen molar-refractivity contribution in [2.24, 2.45) is 17.2 Å². The van der Waals surface area contributed by atoms with E-state index in [2.05, 4.69) is 16.3 Å². The molecule has 0 bridgehead atoms. The summed E-state index contributed by atoms with van der Waals surface area (Å²) in [5.41, 5.74) is 25.7. The molecule has 158 valence electrons. The third-order valence-corrected chi connectivity index (χ3v) is 3.63. The van der Waals surface area contributed by atoms with Crippen molar-refractivity contribution >= 4 is 12.6 Å². The number of carbonyl (C=O) groups excluding carboxylic acids is 2. The number of hydrogen-bond acceptors (Lipinski definition) is 9. The minimum atomic E-state index is -0.257. The molecule has 0 aromatic rings. The Balaban J connectivity index is -0.00000264. The highest BCUT2D eigenvalue weighted by Gasteiger charge is 2.11. The normalized spacial score (nSPS) is 12.8. The van der Waals surface area contributed by atoms with Crippen molar-refractivity contribution in [2.45, 2.75) is 65.5 Å². The third-order valence-electron chi connectivity index (χ3n) is 3.63. The molecule has 0 rings (SSSR count). The molecule has 26 heavy (non-hydrogen) atoms. The lowest BCUT2D eigenvalue weighted by Crippen LogP contribution is -2.52. The fourth-order valence-electron chi connectivity index (χ4n) is 2.19. The van der Waals surface area contributed by atoms with Gasteiger partial charge in [0.2, 0.25) is 0 Å². The molecule has 0 saturated carbocycles. The van der Waals surface area contributed by atoms with Gasteiger partial charge in [-0.1, -0.05) is 27.7 Å². The van der Waals surface area contributed by atoms with Crippen LogP contribution in [0.1, 0.15) is 53.4 Å². The minimum Gasteiger partial charge on any atom is -0.330 e. The molecule has 0 saturated heterocycles. The van der Waals surface area contributed by atoms with E-state index >= 15 is 0 Å². The lowest BCUT2D eigenvalue weighted by atomic mass is 10.1. The maximum atomic E-state index is 11.1. The largest absolute Gasteiger partial charge is 0.330 e. The smallest absolute Gasteiger partial charge is 0.138 e. The number of rotatable bonds is 18. The number of carbonyl (C=O) groups is 2. The highest BCUT2D eigenvalue weighted by atomic mass is 16.1. The lowest BCUT2D eigenvalue weighted by Gasteiger charge is -2.25. The van der Waals surface area contributed by atoms with Crippen LogP contribution in [0.4, 0.5) is 0 Å². The quantitative estimate of drug-likeness (QED) is 0.0801. The van der Waals surface area contributed by atoms with Crippen molar-refractivity contribution in [3.63, 3.8) is 0 Å². The number of nitrogens with zero attached hydrogens (tertiary/aromatic N) is 1. The molecule has 9 N–H and O–H groups in total. The first kappa shape index (κ1) is 29.8. The first-order valence-electron chi connectivity index (χ1n) is 8.72. The number of aldehydes is 2. The zero-order chi connectivity index (χ0) is 18.0. The predicted molar refractivity (Wildman–Crippen MR) is 109 cm³/mol. The number of nitrogens with two attached hydrogens (primary N) is 3. The topological polar surface area (TPSA) is 152 Å². The zero-order valence-corrected chi connectivity index (χ0v) is 14.6. The monoisotopic (exact) mass is 377 g/mol. The summed E-state index contributed by atoms with van der Waals surface area (Å²) in [6, 6.07) is -0.484. The zero-order valence-electron chi connectivity index (χ0n) is 14.6. The summed E-state index contributed by atoms with van der Waals surface area (Å²) < 4.78 is 0. The number of hydrazine groups is 2. The van der Waals surface area contributed by atoms with Crippen LogP contribution in [0.2, 0.25) is 0 Å². The SMILES string of the molecule is C.C.NCCCC[C@@H](C=O)NNCCN(CN)N[C@H](C=O)CCCCN. The van der Waals surface area contributed by atoms with Crippen molar-refractivity contribution in [2.75, 3.05) is 32.8 Å². The van der Waals surface area contributed by atoms with Gasteiger partial charge in [0, 0.05) is 13.1 Å². The number of unbranched alkanes of at least 4 members (excludes halogenated alkanes) is 2. The predicted octanol–water partition coefficient (Wildman–Crippen LogP) is -0.531. The summed E-state index contributed by atoms with van der Waals surface area (Å²) in [6.45, 7) is 2.74. The van der Waals surface area contributed by atoms with E-state index in [0.717, 1.165) is 51.1 Å². The fraction of sp³-hybridized carbons (Fsp3) is 0.882. The summed E-state index contributed by atoms with van der Waals surface area (Å²) in [5.74, 6) is 0. The van der Waals surface area contributed by atoms with Crippen molar-refractivity contribution < 1.29 is 9.59 Å². The molecule has 0 radical (unpaired) electrons. The summed E-state index contributed by atoms with van der Waals surface area (Å²) in [5, 5.41) is 1.78. The number of hydrogen-bond donors (Lipinski definition) is 6. The Labute approximate surface area is 159 Å². The van der Waals surface area contributed by atoms with E-state index in [1.807, 2.05) is 0 Å². The van der Waals surface area contributed by atoms with Gasteiger partial charge in [-0.15, -0.1) is 0 Å². The van der Waals surface area contributed by atoms with Crippen molar-refractivity contribution in [1.82, 2.24) is 21.3 Å². The Kier molecular flexibility index (Phi) is 25.3. The summed E-state index contributed by atoms with van der Waals surface area (Å²) in [4.78, 5) is 22.1. The van der Waals surface area contributed by atoms with Gasteiger partial charge in [0.15, 0.2) is 0 Å². The van der Waals surface area contributed by atoms with Crippen LogP contribution in [-0.4, -0.2) is 62.5 Å². The van der Waals surface area contributed by atoms with Gasteiger partial charge in [-0.3, -0.25) is 5.43 Å². The van der Waals surface area contributed by atoms with E-state index in [0.29, 0.717) is 26.2 Å². The van der Waals surface area contributed by atoms with Crippen LogP contribution in [-0.2, 0) is 9.59 Å². The molecule has 0 spiro atoms. The van der Waals surface area contributed by atoms with Gasteiger partial charge in [-0.05, 0) is 38.8 Å². The van der Waals surface area contributed by atoms with Crippen molar-refractivity contribution in [1.29, 1.82) is 0 Å². The molecule has 0 aromatic heterocycles. The molecular weight excluding hydrogens is 334 g/mol. The van der Waals surface area contributed by atoms with Gasteiger partial charge in [-0.25, -0.2) is 15.9 Å². The van der Waals surface area contributed by atoms with Gasteiger partial charge < -0.3 is 26.8 Å². The summed E-state index contributed by atoms with van der Waals surface area (Å²) in [7, 11) is 0. The molecule has 0 fully saturated rings. The first-order chi connectivity index (χ1) is 11.7. The Hall–Kier alpha value is -0.940. The van der Waals surface area contributed by atoms with Gasteiger partial charge in [0.05, 0.1) is 18.8 Å². The molecule has 0 amide bonds. The number of nitrogens with one attached hydrogen (secondary N) is 3. The van der Waals surface area contributed by atoms with Gasteiger partial charge >= 0.3 is 0 Å². The van der Waals surface area contributed by atoms with E-state index in [9.17, 15) is 9.59 Å².